The van der Waals surface area contributed by atoms with E-state index >= 15 is 0 Å². The highest BCUT2D eigenvalue weighted by Gasteiger charge is 2.25. The molecule has 130 valence electrons. The monoisotopic (exact) mass is 349 g/mol. The number of aromatic amines is 2. The van der Waals surface area contributed by atoms with Crippen LogP contribution in [0.3, 0.4) is 0 Å². The van der Waals surface area contributed by atoms with Gasteiger partial charge in [0.15, 0.2) is 0 Å². The third-order valence-electron chi connectivity index (χ3n) is 5.16. The summed E-state index contributed by atoms with van der Waals surface area (Å²) >= 11 is 0. The van der Waals surface area contributed by atoms with Crippen LogP contribution in [-0.2, 0) is 0 Å². The number of aromatic nitrogens is 2. The number of likely N-dealkylation sites (N-methyl/N-ethyl adjacent to an activating group) is 1. The first kappa shape index (κ1) is 15.3. The van der Waals surface area contributed by atoms with Crippen molar-refractivity contribution in [2.24, 2.45) is 0 Å². The van der Waals surface area contributed by atoms with Crippen LogP contribution in [0, 0.1) is 11.6 Å². The van der Waals surface area contributed by atoms with Crippen LogP contribution in [0.25, 0.3) is 33.0 Å². The van der Waals surface area contributed by atoms with E-state index in [0.29, 0.717) is 0 Å². The summed E-state index contributed by atoms with van der Waals surface area (Å²) in [4.78, 5) is 8.61. The van der Waals surface area contributed by atoms with Gasteiger partial charge in [-0.2, -0.15) is 0 Å². The molecular formula is C21H17F2N3. The van der Waals surface area contributed by atoms with E-state index in [-0.39, 0.29) is 11.6 Å². The van der Waals surface area contributed by atoms with E-state index in [1.807, 2.05) is 24.5 Å². The standard InChI is InChI=1S/C21H17F2N3/c1-26-10-18(16-8-24-20-6-12(22)2-4-14(16)20)19(11-26)17-9-25-21-7-13(23)3-5-15(17)21/h2-9,24-25H,10-11H2,1H3. The fourth-order valence-corrected chi connectivity index (χ4v) is 3.98. The highest BCUT2D eigenvalue weighted by atomic mass is 19.1. The van der Waals surface area contributed by atoms with Crippen LogP contribution >= 0.6 is 0 Å². The van der Waals surface area contributed by atoms with Crippen molar-refractivity contribution in [3.8, 4) is 0 Å². The quantitative estimate of drug-likeness (QED) is 0.536. The van der Waals surface area contributed by atoms with E-state index < -0.39 is 0 Å². The molecule has 2 aromatic heterocycles. The topological polar surface area (TPSA) is 34.8 Å². The van der Waals surface area contributed by atoms with Gasteiger partial charge in [-0.3, -0.25) is 4.90 Å². The van der Waals surface area contributed by atoms with Crippen LogP contribution in [0.15, 0.2) is 48.8 Å². The Kier molecular flexibility index (Phi) is 3.27. The molecule has 1 aliphatic rings. The minimum Gasteiger partial charge on any atom is -0.360 e. The molecule has 0 bridgehead atoms. The Morgan fingerprint density at radius 2 is 1.23 bits per heavy atom. The minimum atomic E-state index is -0.248. The molecule has 2 aromatic carbocycles. The average Bonchev–Trinajstić information content (AvgIpc) is 3.29. The molecule has 0 spiro atoms. The molecular weight excluding hydrogens is 332 g/mol. The van der Waals surface area contributed by atoms with Crippen molar-refractivity contribution in [2.75, 3.05) is 20.1 Å². The number of hydrogen-bond donors (Lipinski definition) is 2. The Balaban J connectivity index is 1.74. The molecule has 0 saturated carbocycles. The highest BCUT2D eigenvalue weighted by Crippen LogP contribution is 2.38. The first-order valence-electron chi connectivity index (χ1n) is 8.55. The zero-order valence-electron chi connectivity index (χ0n) is 14.2. The molecule has 0 amide bonds. The summed E-state index contributed by atoms with van der Waals surface area (Å²) in [6, 6.07) is 9.67. The van der Waals surface area contributed by atoms with Gasteiger partial charge in [0.25, 0.3) is 0 Å². The maximum absolute atomic E-state index is 13.5. The Morgan fingerprint density at radius 1 is 0.769 bits per heavy atom. The van der Waals surface area contributed by atoms with Gasteiger partial charge >= 0.3 is 0 Å². The lowest BCUT2D eigenvalue weighted by atomic mass is 9.96. The highest BCUT2D eigenvalue weighted by molar-refractivity contribution is 6.07. The summed E-state index contributed by atoms with van der Waals surface area (Å²) in [5.41, 5.74) is 6.21. The smallest absolute Gasteiger partial charge is 0.125 e. The normalized spacial score (nSPS) is 15.7. The zero-order chi connectivity index (χ0) is 17.8. The predicted molar refractivity (Wildman–Crippen MR) is 101 cm³/mol. The number of benzene rings is 2. The average molecular weight is 349 g/mol. The number of halogens is 2. The molecule has 0 radical (unpaired) electrons. The lowest BCUT2D eigenvalue weighted by molar-refractivity contribution is 0.442. The molecule has 3 nitrogen and oxygen atoms in total. The van der Waals surface area contributed by atoms with Crippen LogP contribution in [0.5, 0.6) is 0 Å². The Morgan fingerprint density at radius 3 is 1.69 bits per heavy atom. The van der Waals surface area contributed by atoms with Gasteiger partial charge in [-0.1, -0.05) is 0 Å². The fourth-order valence-electron chi connectivity index (χ4n) is 3.98. The maximum Gasteiger partial charge on any atom is 0.125 e. The van der Waals surface area contributed by atoms with E-state index in [1.165, 1.54) is 35.4 Å². The van der Waals surface area contributed by atoms with Crippen LogP contribution < -0.4 is 0 Å². The first-order valence-corrected chi connectivity index (χ1v) is 8.55. The number of nitrogens with zero attached hydrogens (tertiary/aromatic N) is 1. The Labute approximate surface area is 148 Å². The molecule has 1 aliphatic heterocycles. The van der Waals surface area contributed by atoms with Crippen molar-refractivity contribution in [3.63, 3.8) is 0 Å². The summed E-state index contributed by atoms with van der Waals surface area (Å²) in [6.45, 7) is 1.63. The van der Waals surface area contributed by atoms with Crippen molar-refractivity contribution in [1.82, 2.24) is 14.9 Å². The van der Waals surface area contributed by atoms with Crippen LogP contribution in [0.1, 0.15) is 11.1 Å². The summed E-state index contributed by atoms with van der Waals surface area (Å²) in [7, 11) is 2.08. The molecule has 0 aliphatic carbocycles. The SMILES string of the molecule is CN1CC(c2c[nH]c3cc(F)ccc23)=C(c2c[nH]c3cc(F)ccc23)C1. The van der Waals surface area contributed by atoms with Crippen molar-refractivity contribution in [2.45, 2.75) is 0 Å². The largest absolute Gasteiger partial charge is 0.360 e. The van der Waals surface area contributed by atoms with Crippen LogP contribution in [-0.4, -0.2) is 35.0 Å². The Hall–Kier alpha value is -2.92. The lowest BCUT2D eigenvalue weighted by Crippen LogP contribution is -2.14. The van der Waals surface area contributed by atoms with Gasteiger partial charge in [-0.15, -0.1) is 0 Å². The summed E-state index contributed by atoms with van der Waals surface area (Å²) < 4.78 is 27.0. The molecule has 3 heterocycles. The summed E-state index contributed by atoms with van der Waals surface area (Å²) in [5.74, 6) is -0.496. The predicted octanol–water partition coefficient (Wildman–Crippen LogP) is 4.78. The van der Waals surface area contributed by atoms with E-state index in [9.17, 15) is 8.78 Å². The molecule has 0 fully saturated rings. The van der Waals surface area contributed by atoms with E-state index in [4.69, 9.17) is 0 Å². The van der Waals surface area contributed by atoms with Gasteiger partial charge in [0.05, 0.1) is 0 Å². The van der Waals surface area contributed by atoms with Gasteiger partial charge in [0, 0.05) is 58.4 Å². The third kappa shape index (κ3) is 2.28. The van der Waals surface area contributed by atoms with Crippen molar-refractivity contribution in [3.05, 3.63) is 71.6 Å². The first-order chi connectivity index (χ1) is 12.6. The third-order valence-corrected chi connectivity index (χ3v) is 5.16. The van der Waals surface area contributed by atoms with E-state index in [1.54, 1.807) is 0 Å². The number of fused-ring (bicyclic) bond motifs is 2. The molecule has 4 aromatic rings. The summed E-state index contributed by atoms with van der Waals surface area (Å²) in [5, 5.41) is 2.03. The van der Waals surface area contributed by atoms with Crippen LogP contribution in [0.2, 0.25) is 0 Å². The minimum absolute atomic E-state index is 0.248. The summed E-state index contributed by atoms with van der Waals surface area (Å²) in [6.07, 6.45) is 3.90. The van der Waals surface area contributed by atoms with Crippen LogP contribution in [0.4, 0.5) is 8.78 Å². The van der Waals surface area contributed by atoms with Gasteiger partial charge in [-0.05, 0) is 54.6 Å². The van der Waals surface area contributed by atoms with Gasteiger partial charge < -0.3 is 9.97 Å². The number of H-pyrrole nitrogens is 2. The van der Waals surface area contributed by atoms with E-state index in [0.717, 1.165) is 46.0 Å². The second-order valence-corrected chi connectivity index (χ2v) is 6.91. The number of nitrogens with one attached hydrogen (secondary N) is 2. The number of rotatable bonds is 2. The van der Waals surface area contributed by atoms with Gasteiger partial charge in [0.2, 0.25) is 0 Å². The van der Waals surface area contributed by atoms with Gasteiger partial charge in [0.1, 0.15) is 11.6 Å². The van der Waals surface area contributed by atoms with Crippen molar-refractivity contribution >= 4 is 33.0 Å². The molecule has 0 saturated heterocycles. The second-order valence-electron chi connectivity index (χ2n) is 6.91. The molecule has 2 N–H and O–H groups in total. The molecule has 5 heteroatoms. The molecule has 0 unspecified atom stereocenters. The Bertz CT molecular complexity index is 1090. The zero-order valence-corrected chi connectivity index (χ0v) is 14.2. The maximum atomic E-state index is 13.5. The molecule has 26 heavy (non-hydrogen) atoms. The van der Waals surface area contributed by atoms with E-state index in [2.05, 4.69) is 21.9 Å². The molecule has 5 rings (SSSR count). The van der Waals surface area contributed by atoms with Crippen molar-refractivity contribution < 1.29 is 8.78 Å². The second kappa shape index (κ2) is 5.54. The number of hydrogen-bond acceptors (Lipinski definition) is 1. The lowest BCUT2D eigenvalue weighted by Gasteiger charge is -2.06. The van der Waals surface area contributed by atoms with Crippen molar-refractivity contribution in [1.29, 1.82) is 0 Å². The van der Waals surface area contributed by atoms with Gasteiger partial charge in [-0.25, -0.2) is 8.78 Å². The fraction of sp³-hybridized carbons (Fsp3) is 0.143. The molecule has 0 atom stereocenters.